The Morgan fingerprint density at radius 1 is 1.19 bits per heavy atom. The molecule has 9 nitrogen and oxygen atoms in total. The summed E-state index contributed by atoms with van der Waals surface area (Å²) in [4.78, 5) is 12.3. The molecule has 1 unspecified atom stereocenters. The number of nitrogens with zero attached hydrogens (tertiary/aromatic N) is 4. The molecule has 198 valence electrons. The quantitative estimate of drug-likeness (QED) is 0.450. The van der Waals surface area contributed by atoms with Gasteiger partial charge in [-0.05, 0) is 58.9 Å². The van der Waals surface area contributed by atoms with Crippen molar-refractivity contribution in [2.45, 2.75) is 39.7 Å². The van der Waals surface area contributed by atoms with Crippen LogP contribution in [0, 0.1) is 26.2 Å². The van der Waals surface area contributed by atoms with E-state index in [0.29, 0.717) is 39.9 Å². The summed E-state index contributed by atoms with van der Waals surface area (Å²) >= 11 is 6.67. The van der Waals surface area contributed by atoms with Crippen LogP contribution in [-0.2, 0) is 4.74 Å². The molecule has 1 aromatic carbocycles. The Bertz CT molecular complexity index is 1250. The van der Waals surface area contributed by atoms with Gasteiger partial charge < -0.3 is 29.3 Å². The SMILES string of the molecule is CNCC(O)COc1ccc(Cl)c(-c2nc(-c3c(C)noc3C)c(C)c(N3CC4(CCOCC4)C3)n2)c1. The Hall–Kier alpha value is -2.72. The largest absolute Gasteiger partial charge is 0.491 e. The van der Waals surface area contributed by atoms with Crippen molar-refractivity contribution < 1.29 is 19.1 Å². The van der Waals surface area contributed by atoms with Gasteiger partial charge in [-0.15, -0.1) is 0 Å². The van der Waals surface area contributed by atoms with Gasteiger partial charge in [0.25, 0.3) is 0 Å². The minimum absolute atomic E-state index is 0.159. The first kappa shape index (κ1) is 25.9. The molecule has 3 aromatic rings. The number of anilines is 1. The van der Waals surface area contributed by atoms with Gasteiger partial charge in [-0.1, -0.05) is 16.8 Å². The van der Waals surface area contributed by atoms with Gasteiger partial charge in [-0.2, -0.15) is 0 Å². The number of hydrogen-bond acceptors (Lipinski definition) is 9. The van der Waals surface area contributed by atoms with Crippen molar-refractivity contribution in [1.82, 2.24) is 20.4 Å². The summed E-state index contributed by atoms with van der Waals surface area (Å²) in [6, 6.07) is 5.39. The van der Waals surface area contributed by atoms with E-state index in [2.05, 4.69) is 22.3 Å². The lowest BCUT2D eigenvalue weighted by Gasteiger charge is -2.53. The lowest BCUT2D eigenvalue weighted by atomic mass is 9.73. The van der Waals surface area contributed by atoms with E-state index >= 15 is 0 Å². The highest BCUT2D eigenvalue weighted by molar-refractivity contribution is 6.33. The molecule has 2 aliphatic rings. The van der Waals surface area contributed by atoms with Crippen LogP contribution in [0.1, 0.15) is 29.9 Å². The van der Waals surface area contributed by atoms with Crippen molar-refractivity contribution in [2.24, 2.45) is 5.41 Å². The second-order valence-electron chi connectivity index (χ2n) is 10.2. The summed E-state index contributed by atoms with van der Waals surface area (Å²) in [5, 5.41) is 17.7. The van der Waals surface area contributed by atoms with Gasteiger partial charge in [0.05, 0.1) is 22.0 Å². The van der Waals surface area contributed by atoms with E-state index in [1.807, 2.05) is 19.9 Å². The molecule has 2 aliphatic heterocycles. The molecule has 4 heterocycles. The number of aryl methyl sites for hydroxylation is 2. The highest BCUT2D eigenvalue weighted by atomic mass is 35.5. The van der Waals surface area contributed by atoms with Gasteiger partial charge in [0, 0.05) is 49.4 Å². The molecule has 2 aromatic heterocycles. The third-order valence-corrected chi connectivity index (χ3v) is 7.69. The lowest BCUT2D eigenvalue weighted by Crippen LogP contribution is -2.59. The number of benzene rings is 1. The van der Waals surface area contributed by atoms with Gasteiger partial charge in [0.15, 0.2) is 5.82 Å². The number of likely N-dealkylation sites (N-methyl/N-ethyl adjacent to an activating group) is 1. The van der Waals surface area contributed by atoms with Crippen molar-refractivity contribution in [1.29, 1.82) is 0 Å². The number of hydrogen-bond donors (Lipinski definition) is 2. The van der Waals surface area contributed by atoms with Crippen LogP contribution in [0.5, 0.6) is 5.75 Å². The first-order chi connectivity index (χ1) is 17.8. The van der Waals surface area contributed by atoms with Crippen molar-refractivity contribution >= 4 is 17.4 Å². The molecule has 0 bridgehead atoms. The molecule has 5 rings (SSSR count). The van der Waals surface area contributed by atoms with Crippen LogP contribution in [0.2, 0.25) is 5.02 Å². The van der Waals surface area contributed by atoms with Crippen LogP contribution in [0.3, 0.4) is 0 Å². The number of rotatable bonds is 8. The molecular weight excluding hydrogens is 494 g/mol. The van der Waals surface area contributed by atoms with Crippen molar-refractivity contribution in [3.05, 3.63) is 40.2 Å². The number of aliphatic hydroxyl groups excluding tert-OH is 1. The molecule has 0 aliphatic carbocycles. The van der Waals surface area contributed by atoms with Gasteiger partial charge in [0.1, 0.15) is 30.0 Å². The molecule has 1 atom stereocenters. The topological polar surface area (TPSA) is 106 Å². The molecular formula is C27H34ClN5O4. The summed E-state index contributed by atoms with van der Waals surface area (Å²) < 4.78 is 16.9. The zero-order valence-corrected chi connectivity index (χ0v) is 22.6. The molecule has 0 amide bonds. The average Bonchev–Trinajstić information content (AvgIpc) is 3.20. The summed E-state index contributed by atoms with van der Waals surface area (Å²) in [6.45, 7) is 9.99. The van der Waals surface area contributed by atoms with Crippen LogP contribution in [-0.4, -0.2) is 72.8 Å². The fourth-order valence-electron chi connectivity index (χ4n) is 5.28. The van der Waals surface area contributed by atoms with E-state index in [0.717, 1.165) is 67.5 Å². The second kappa shape index (κ2) is 10.6. The molecule has 37 heavy (non-hydrogen) atoms. The fraction of sp³-hybridized carbons (Fsp3) is 0.519. The van der Waals surface area contributed by atoms with E-state index in [1.54, 1.807) is 19.2 Å². The van der Waals surface area contributed by atoms with E-state index in [9.17, 15) is 5.11 Å². The zero-order valence-electron chi connectivity index (χ0n) is 21.8. The van der Waals surface area contributed by atoms with Crippen LogP contribution >= 0.6 is 11.6 Å². The Labute approximate surface area is 222 Å². The maximum absolute atomic E-state index is 10.0. The second-order valence-corrected chi connectivity index (χ2v) is 10.6. The number of aromatic nitrogens is 3. The van der Waals surface area contributed by atoms with Crippen molar-refractivity contribution in [2.75, 3.05) is 51.4 Å². The summed E-state index contributed by atoms with van der Waals surface area (Å²) in [5.41, 5.74) is 4.39. The first-order valence-corrected chi connectivity index (χ1v) is 13.1. The molecule has 10 heteroatoms. The Morgan fingerprint density at radius 3 is 2.62 bits per heavy atom. The minimum Gasteiger partial charge on any atom is -0.491 e. The van der Waals surface area contributed by atoms with Gasteiger partial charge in [-0.25, -0.2) is 9.97 Å². The van der Waals surface area contributed by atoms with Crippen molar-refractivity contribution in [3.63, 3.8) is 0 Å². The molecule has 2 fully saturated rings. The normalized spacial score (nSPS) is 17.6. The van der Waals surface area contributed by atoms with Crippen LogP contribution in [0.25, 0.3) is 22.6 Å². The Balaban J connectivity index is 1.54. The molecule has 0 saturated carbocycles. The zero-order chi connectivity index (χ0) is 26.2. The average molecular weight is 528 g/mol. The monoisotopic (exact) mass is 527 g/mol. The van der Waals surface area contributed by atoms with E-state index in [1.165, 1.54) is 0 Å². The highest BCUT2D eigenvalue weighted by Crippen LogP contribution is 2.44. The van der Waals surface area contributed by atoms with Crippen LogP contribution < -0.4 is 15.0 Å². The molecule has 2 saturated heterocycles. The predicted molar refractivity (Wildman–Crippen MR) is 142 cm³/mol. The summed E-state index contributed by atoms with van der Waals surface area (Å²) in [6.07, 6.45) is 1.52. The Kier molecular flexibility index (Phi) is 7.40. The Morgan fingerprint density at radius 2 is 1.95 bits per heavy atom. The maximum Gasteiger partial charge on any atom is 0.163 e. The van der Waals surface area contributed by atoms with E-state index in [4.69, 9.17) is 35.6 Å². The molecule has 0 radical (unpaired) electrons. The third-order valence-electron chi connectivity index (χ3n) is 7.36. The highest BCUT2D eigenvalue weighted by Gasteiger charge is 2.45. The standard InChI is InChI=1S/C27H34ClN5O4/c1-16-24(23-17(2)32-37-18(23)3)30-25(31-26(16)33-14-27(15-33)7-9-35-10-8-27)21-11-20(5-6-22(21)28)36-13-19(34)12-29-4/h5-6,11,19,29,34H,7-10,12-15H2,1-4H3. The number of nitrogens with one attached hydrogen (secondary N) is 1. The predicted octanol–water partition coefficient (Wildman–Crippen LogP) is 3.95. The third kappa shape index (κ3) is 5.18. The van der Waals surface area contributed by atoms with E-state index in [-0.39, 0.29) is 6.61 Å². The van der Waals surface area contributed by atoms with E-state index < -0.39 is 6.10 Å². The minimum atomic E-state index is -0.624. The summed E-state index contributed by atoms with van der Waals surface area (Å²) in [7, 11) is 1.79. The maximum atomic E-state index is 10.0. The number of halogens is 1. The molecule has 1 spiro atoms. The van der Waals surface area contributed by atoms with Crippen LogP contribution in [0.15, 0.2) is 22.7 Å². The van der Waals surface area contributed by atoms with Gasteiger partial charge in [-0.3, -0.25) is 0 Å². The lowest BCUT2D eigenvalue weighted by molar-refractivity contribution is -0.000489. The molecule has 2 N–H and O–H groups in total. The smallest absolute Gasteiger partial charge is 0.163 e. The van der Waals surface area contributed by atoms with Gasteiger partial charge >= 0.3 is 0 Å². The summed E-state index contributed by atoms with van der Waals surface area (Å²) in [5.74, 6) is 2.70. The van der Waals surface area contributed by atoms with Crippen LogP contribution in [0.4, 0.5) is 5.82 Å². The fourth-order valence-corrected chi connectivity index (χ4v) is 5.49. The van der Waals surface area contributed by atoms with Crippen molar-refractivity contribution in [3.8, 4) is 28.4 Å². The van der Waals surface area contributed by atoms with Gasteiger partial charge in [0.2, 0.25) is 0 Å². The number of aliphatic hydroxyl groups is 1. The number of ether oxygens (including phenoxy) is 2. The first-order valence-electron chi connectivity index (χ1n) is 12.7.